The maximum atomic E-state index is 12.1. The maximum absolute atomic E-state index is 12.1. The predicted octanol–water partition coefficient (Wildman–Crippen LogP) is 2.97. The Morgan fingerprint density at radius 2 is 1.91 bits per heavy atom. The number of ether oxygens (including phenoxy) is 1. The van der Waals surface area contributed by atoms with Crippen LogP contribution >= 0.6 is 0 Å². The predicted molar refractivity (Wildman–Crippen MR) is 90.5 cm³/mol. The molecule has 23 heavy (non-hydrogen) atoms. The van der Waals surface area contributed by atoms with E-state index in [0.717, 1.165) is 38.0 Å². The van der Waals surface area contributed by atoms with Crippen LogP contribution in [0.3, 0.4) is 0 Å². The first-order valence-electron chi connectivity index (χ1n) is 8.44. The van der Waals surface area contributed by atoms with Crippen molar-refractivity contribution in [1.82, 2.24) is 5.32 Å². The van der Waals surface area contributed by atoms with Crippen LogP contribution in [0.4, 0.5) is 5.69 Å². The van der Waals surface area contributed by atoms with Crippen LogP contribution < -0.4 is 10.6 Å². The standard InChI is InChI=1S/C18H26N2O3/c1-3-13(4-2)18(22)20-15-9-7-14(8-10-15)17(21)19-12-16-6-5-11-23-16/h7-10,13,16H,3-6,11-12H2,1-2H3,(H,19,21)(H,20,22). The van der Waals surface area contributed by atoms with Gasteiger partial charge in [0.15, 0.2) is 0 Å². The van der Waals surface area contributed by atoms with Gasteiger partial charge in [0.2, 0.25) is 5.91 Å². The van der Waals surface area contributed by atoms with E-state index in [1.165, 1.54) is 0 Å². The molecule has 1 saturated heterocycles. The molecule has 1 aromatic rings. The highest BCUT2D eigenvalue weighted by Gasteiger charge is 2.17. The van der Waals surface area contributed by atoms with Crippen molar-refractivity contribution in [2.75, 3.05) is 18.5 Å². The highest BCUT2D eigenvalue weighted by Crippen LogP contribution is 2.15. The van der Waals surface area contributed by atoms with Crippen LogP contribution in [0.1, 0.15) is 49.9 Å². The Balaban J connectivity index is 1.85. The highest BCUT2D eigenvalue weighted by molar-refractivity contribution is 5.96. The van der Waals surface area contributed by atoms with Crippen LogP contribution in [-0.4, -0.2) is 31.1 Å². The van der Waals surface area contributed by atoms with Gasteiger partial charge in [-0.15, -0.1) is 0 Å². The zero-order valence-corrected chi connectivity index (χ0v) is 13.9. The first-order valence-corrected chi connectivity index (χ1v) is 8.44. The van der Waals surface area contributed by atoms with Gasteiger partial charge >= 0.3 is 0 Å². The molecular weight excluding hydrogens is 292 g/mol. The van der Waals surface area contributed by atoms with Gasteiger partial charge in [-0.1, -0.05) is 13.8 Å². The van der Waals surface area contributed by atoms with Gasteiger partial charge in [0.1, 0.15) is 0 Å². The first kappa shape index (κ1) is 17.5. The van der Waals surface area contributed by atoms with E-state index in [2.05, 4.69) is 10.6 Å². The van der Waals surface area contributed by atoms with E-state index >= 15 is 0 Å². The van der Waals surface area contributed by atoms with Gasteiger partial charge in [0, 0.05) is 30.3 Å². The van der Waals surface area contributed by atoms with Crippen LogP contribution in [0.25, 0.3) is 0 Å². The molecule has 5 heteroatoms. The Labute approximate surface area is 137 Å². The molecule has 5 nitrogen and oxygen atoms in total. The summed E-state index contributed by atoms with van der Waals surface area (Å²) in [5.74, 6) is -0.0478. The summed E-state index contributed by atoms with van der Waals surface area (Å²) >= 11 is 0. The van der Waals surface area contributed by atoms with Gasteiger partial charge in [-0.25, -0.2) is 0 Å². The molecule has 0 saturated carbocycles. The smallest absolute Gasteiger partial charge is 0.251 e. The molecule has 0 aliphatic carbocycles. The van der Waals surface area contributed by atoms with Crippen molar-refractivity contribution in [1.29, 1.82) is 0 Å². The maximum Gasteiger partial charge on any atom is 0.251 e. The number of carbonyl (C=O) groups is 2. The van der Waals surface area contributed by atoms with Crippen molar-refractivity contribution >= 4 is 17.5 Å². The molecule has 2 N–H and O–H groups in total. The summed E-state index contributed by atoms with van der Waals surface area (Å²) in [6, 6.07) is 6.99. The van der Waals surface area contributed by atoms with E-state index in [1.54, 1.807) is 24.3 Å². The number of nitrogens with one attached hydrogen (secondary N) is 2. The summed E-state index contributed by atoms with van der Waals surface area (Å²) in [5, 5.41) is 5.78. The van der Waals surface area contributed by atoms with E-state index in [1.807, 2.05) is 13.8 Å². The molecule has 0 spiro atoms. The number of rotatable bonds is 7. The summed E-state index contributed by atoms with van der Waals surface area (Å²) in [7, 11) is 0. The third-order valence-electron chi connectivity index (χ3n) is 4.29. The lowest BCUT2D eigenvalue weighted by Crippen LogP contribution is -2.31. The lowest BCUT2D eigenvalue weighted by atomic mass is 10.0. The Kier molecular flexibility index (Phi) is 6.59. The molecule has 1 aromatic carbocycles. The SMILES string of the molecule is CCC(CC)C(=O)Nc1ccc(C(=O)NCC2CCCO2)cc1. The summed E-state index contributed by atoms with van der Waals surface area (Å²) in [6.45, 7) is 5.35. The van der Waals surface area contributed by atoms with E-state index in [9.17, 15) is 9.59 Å². The number of anilines is 1. The van der Waals surface area contributed by atoms with Crippen molar-refractivity contribution < 1.29 is 14.3 Å². The lowest BCUT2D eigenvalue weighted by molar-refractivity contribution is -0.120. The average Bonchev–Trinajstić information content (AvgIpc) is 3.08. The molecule has 1 unspecified atom stereocenters. The van der Waals surface area contributed by atoms with E-state index in [-0.39, 0.29) is 23.8 Å². The zero-order chi connectivity index (χ0) is 16.7. The second-order valence-electron chi connectivity index (χ2n) is 5.93. The Morgan fingerprint density at radius 1 is 1.22 bits per heavy atom. The Bertz CT molecular complexity index is 518. The second kappa shape index (κ2) is 8.67. The first-order chi connectivity index (χ1) is 11.1. The van der Waals surface area contributed by atoms with Crippen molar-refractivity contribution in [3.8, 4) is 0 Å². The molecule has 1 aliphatic rings. The van der Waals surface area contributed by atoms with Gasteiger partial charge in [-0.2, -0.15) is 0 Å². The van der Waals surface area contributed by atoms with Crippen LogP contribution in [0, 0.1) is 5.92 Å². The monoisotopic (exact) mass is 318 g/mol. The van der Waals surface area contributed by atoms with Crippen LogP contribution in [0.5, 0.6) is 0 Å². The van der Waals surface area contributed by atoms with Crippen molar-refractivity contribution in [2.24, 2.45) is 5.92 Å². The fraction of sp³-hybridized carbons (Fsp3) is 0.556. The topological polar surface area (TPSA) is 67.4 Å². The summed E-state index contributed by atoms with van der Waals surface area (Å²) in [4.78, 5) is 24.1. The molecule has 0 aromatic heterocycles. The molecule has 1 atom stereocenters. The van der Waals surface area contributed by atoms with E-state index < -0.39 is 0 Å². The van der Waals surface area contributed by atoms with Gasteiger partial charge in [0.05, 0.1) is 6.10 Å². The number of carbonyl (C=O) groups excluding carboxylic acids is 2. The third-order valence-corrected chi connectivity index (χ3v) is 4.29. The molecular formula is C18H26N2O3. The number of hydrogen-bond acceptors (Lipinski definition) is 3. The van der Waals surface area contributed by atoms with Gasteiger partial charge < -0.3 is 15.4 Å². The van der Waals surface area contributed by atoms with Crippen LogP contribution in [-0.2, 0) is 9.53 Å². The Morgan fingerprint density at radius 3 is 2.48 bits per heavy atom. The average molecular weight is 318 g/mol. The molecule has 126 valence electrons. The summed E-state index contributed by atoms with van der Waals surface area (Å²) < 4.78 is 5.48. The highest BCUT2D eigenvalue weighted by atomic mass is 16.5. The number of amides is 2. The van der Waals surface area contributed by atoms with Crippen LogP contribution in [0.2, 0.25) is 0 Å². The Hall–Kier alpha value is -1.88. The molecule has 1 aliphatic heterocycles. The van der Waals surface area contributed by atoms with E-state index in [4.69, 9.17) is 4.74 Å². The fourth-order valence-corrected chi connectivity index (χ4v) is 2.72. The van der Waals surface area contributed by atoms with Crippen molar-refractivity contribution in [3.05, 3.63) is 29.8 Å². The quantitative estimate of drug-likeness (QED) is 0.812. The minimum atomic E-state index is -0.113. The summed E-state index contributed by atoms with van der Waals surface area (Å²) in [5.41, 5.74) is 1.31. The van der Waals surface area contributed by atoms with Crippen LogP contribution in [0.15, 0.2) is 24.3 Å². The van der Waals surface area contributed by atoms with Gasteiger partial charge in [-0.3, -0.25) is 9.59 Å². The molecule has 2 rings (SSSR count). The number of hydrogen-bond donors (Lipinski definition) is 2. The third kappa shape index (κ3) is 5.06. The lowest BCUT2D eigenvalue weighted by Gasteiger charge is -2.13. The number of benzene rings is 1. The molecule has 1 heterocycles. The van der Waals surface area contributed by atoms with E-state index in [0.29, 0.717) is 12.1 Å². The largest absolute Gasteiger partial charge is 0.376 e. The molecule has 0 bridgehead atoms. The zero-order valence-electron chi connectivity index (χ0n) is 13.9. The minimum absolute atomic E-state index is 0.0318. The van der Waals surface area contributed by atoms with Gasteiger partial charge in [-0.05, 0) is 49.9 Å². The summed E-state index contributed by atoms with van der Waals surface area (Å²) in [6.07, 6.45) is 3.85. The fourth-order valence-electron chi connectivity index (χ4n) is 2.72. The molecule has 2 amide bonds. The molecule has 0 radical (unpaired) electrons. The minimum Gasteiger partial charge on any atom is -0.376 e. The molecule has 1 fully saturated rings. The second-order valence-corrected chi connectivity index (χ2v) is 5.93. The van der Waals surface area contributed by atoms with Crippen molar-refractivity contribution in [3.63, 3.8) is 0 Å². The normalized spacial score (nSPS) is 17.3. The van der Waals surface area contributed by atoms with Gasteiger partial charge in [0.25, 0.3) is 5.91 Å². The van der Waals surface area contributed by atoms with Crippen molar-refractivity contribution in [2.45, 2.75) is 45.6 Å².